The molecule has 0 radical (unpaired) electrons. The van der Waals surface area contributed by atoms with E-state index in [9.17, 15) is 14.7 Å². The first-order valence-electron chi connectivity index (χ1n) is 11.2. The Morgan fingerprint density at radius 3 is 2.46 bits per heavy atom. The number of Topliss-reactive ketones (excluding diaryl/α,β-unsaturated/α-hetero) is 2. The molecule has 1 spiro atoms. The van der Waals surface area contributed by atoms with Gasteiger partial charge in [0.1, 0.15) is 11.6 Å². The van der Waals surface area contributed by atoms with Gasteiger partial charge in [-0.25, -0.2) is 0 Å². The molecule has 0 aromatic rings. The number of aliphatic hydroxyl groups excluding tert-OH is 1. The highest BCUT2D eigenvalue weighted by Gasteiger charge is 2.67. The van der Waals surface area contributed by atoms with Crippen molar-refractivity contribution in [2.75, 3.05) is 13.2 Å². The molecule has 156 valence electrons. The smallest absolute Gasteiger partial charge is 0.175 e. The molecule has 1 heterocycles. The Balaban J connectivity index is 1.49. The molecule has 28 heavy (non-hydrogen) atoms. The monoisotopic (exact) mass is 390 g/mol. The van der Waals surface area contributed by atoms with Gasteiger partial charge in [0.05, 0.1) is 25.7 Å². The van der Waals surface area contributed by atoms with Crippen molar-refractivity contribution in [2.45, 2.75) is 77.6 Å². The number of fused-ring (bicyclic) bond motifs is 5. The number of carbonyl (C=O) groups excluding carboxylic acids is 2. The van der Waals surface area contributed by atoms with Gasteiger partial charge in [-0.2, -0.15) is 0 Å². The molecular formula is C23H34O5. The van der Waals surface area contributed by atoms with Crippen molar-refractivity contribution in [2.24, 2.45) is 40.4 Å². The maximum atomic E-state index is 13.5. The summed E-state index contributed by atoms with van der Waals surface area (Å²) in [4.78, 5) is 25.8. The van der Waals surface area contributed by atoms with Gasteiger partial charge in [-0.15, -0.1) is 0 Å². The van der Waals surface area contributed by atoms with Gasteiger partial charge >= 0.3 is 0 Å². The van der Waals surface area contributed by atoms with E-state index in [1.54, 1.807) is 6.92 Å². The third-order valence-electron chi connectivity index (χ3n) is 9.73. The van der Waals surface area contributed by atoms with Crippen molar-refractivity contribution in [1.29, 1.82) is 0 Å². The van der Waals surface area contributed by atoms with Gasteiger partial charge < -0.3 is 14.6 Å². The normalized spacial score (nSPS) is 52.2. The van der Waals surface area contributed by atoms with Crippen LogP contribution in [0, 0.1) is 40.4 Å². The molecule has 0 aromatic carbocycles. The second-order valence-electron chi connectivity index (χ2n) is 10.8. The Bertz CT molecular complexity index is 697. The molecule has 5 nitrogen and oxygen atoms in total. The van der Waals surface area contributed by atoms with Crippen LogP contribution in [-0.4, -0.2) is 41.8 Å². The molecule has 5 fully saturated rings. The highest BCUT2D eigenvalue weighted by Crippen LogP contribution is 2.67. The van der Waals surface area contributed by atoms with E-state index >= 15 is 0 Å². The highest BCUT2D eigenvalue weighted by atomic mass is 16.7. The lowest BCUT2D eigenvalue weighted by atomic mass is 9.43. The van der Waals surface area contributed by atoms with E-state index in [0.29, 0.717) is 37.9 Å². The second-order valence-corrected chi connectivity index (χ2v) is 10.8. The number of hydrogen-bond acceptors (Lipinski definition) is 5. The summed E-state index contributed by atoms with van der Waals surface area (Å²) in [5, 5.41) is 11.4. The van der Waals surface area contributed by atoms with Crippen LogP contribution < -0.4 is 0 Å². The zero-order valence-electron chi connectivity index (χ0n) is 17.4. The van der Waals surface area contributed by atoms with Crippen LogP contribution in [-0.2, 0) is 19.1 Å². The van der Waals surface area contributed by atoms with Gasteiger partial charge in [-0.05, 0) is 62.2 Å². The van der Waals surface area contributed by atoms with Crippen LogP contribution in [0.5, 0.6) is 0 Å². The molecule has 0 aromatic heterocycles. The Morgan fingerprint density at radius 2 is 1.79 bits per heavy atom. The van der Waals surface area contributed by atoms with Crippen LogP contribution in [0.25, 0.3) is 0 Å². The zero-order chi connectivity index (χ0) is 19.9. The minimum Gasteiger partial charge on any atom is -0.393 e. The Morgan fingerprint density at radius 1 is 1.07 bits per heavy atom. The van der Waals surface area contributed by atoms with Gasteiger partial charge in [0.15, 0.2) is 5.79 Å². The second kappa shape index (κ2) is 6.12. The highest BCUT2D eigenvalue weighted by molar-refractivity contribution is 5.87. The fourth-order valence-corrected chi connectivity index (χ4v) is 8.56. The largest absolute Gasteiger partial charge is 0.393 e. The minimum absolute atomic E-state index is 0.00119. The molecule has 8 atom stereocenters. The summed E-state index contributed by atoms with van der Waals surface area (Å²) in [7, 11) is 0. The van der Waals surface area contributed by atoms with E-state index in [1.807, 2.05) is 0 Å². The van der Waals surface area contributed by atoms with Gasteiger partial charge in [0.2, 0.25) is 0 Å². The summed E-state index contributed by atoms with van der Waals surface area (Å²) in [6, 6.07) is 0. The average molecular weight is 391 g/mol. The number of carbonyl (C=O) groups is 2. The SMILES string of the molecule is CC(=O)[C@@H]1CC[C@@H]2[C@H]3CC[C@H]4CC5(CC(=O)[C@]4(C)[C@@H]3[C@@H](O)C[C@]21C)OCCO5. The molecule has 0 unspecified atom stereocenters. The summed E-state index contributed by atoms with van der Waals surface area (Å²) in [5.74, 6) is 0.807. The van der Waals surface area contributed by atoms with Crippen molar-refractivity contribution >= 4 is 11.6 Å². The quantitative estimate of drug-likeness (QED) is 0.745. The van der Waals surface area contributed by atoms with Gasteiger partial charge in [-0.1, -0.05) is 13.8 Å². The summed E-state index contributed by atoms with van der Waals surface area (Å²) < 4.78 is 11.8. The lowest BCUT2D eigenvalue weighted by molar-refractivity contribution is -0.231. The first-order valence-corrected chi connectivity index (χ1v) is 11.2. The average Bonchev–Trinajstić information content (AvgIpc) is 3.20. The molecule has 1 aliphatic heterocycles. The summed E-state index contributed by atoms with van der Waals surface area (Å²) in [6.07, 6.45) is 5.24. The third kappa shape index (κ3) is 2.36. The predicted octanol–water partition coefficient (Wildman–Crippen LogP) is 3.13. The molecule has 0 amide bonds. The minimum atomic E-state index is -0.713. The Labute approximate surface area is 167 Å². The number of aliphatic hydroxyl groups is 1. The van der Waals surface area contributed by atoms with E-state index < -0.39 is 17.3 Å². The molecule has 1 N–H and O–H groups in total. The molecule has 5 aliphatic rings. The van der Waals surface area contributed by atoms with Gasteiger partial charge in [-0.3, -0.25) is 9.59 Å². The van der Waals surface area contributed by atoms with E-state index in [4.69, 9.17) is 9.47 Å². The standard InChI is InChI=1S/C23H34O5/c1-13(24)16-6-7-17-15-5-4-14-10-23(27-8-9-28-23)12-19(26)22(14,3)20(15)18(25)11-21(16,17)2/h14-18,20,25H,4-12H2,1-3H3/t14-,15+,16-,17+,18-,20-,21-,22+/m0/s1. The third-order valence-corrected chi connectivity index (χ3v) is 9.73. The van der Waals surface area contributed by atoms with Crippen LogP contribution in [0.1, 0.15) is 65.7 Å². The topological polar surface area (TPSA) is 72.8 Å². The van der Waals surface area contributed by atoms with Crippen molar-refractivity contribution < 1.29 is 24.2 Å². The fourth-order valence-electron chi connectivity index (χ4n) is 8.56. The zero-order valence-corrected chi connectivity index (χ0v) is 17.4. The molecule has 0 bridgehead atoms. The van der Waals surface area contributed by atoms with Crippen molar-refractivity contribution in [3.8, 4) is 0 Å². The molecule has 5 rings (SSSR count). The van der Waals surface area contributed by atoms with Crippen LogP contribution >= 0.6 is 0 Å². The van der Waals surface area contributed by atoms with Crippen LogP contribution in [0.15, 0.2) is 0 Å². The molecule has 4 aliphatic carbocycles. The van der Waals surface area contributed by atoms with E-state index in [2.05, 4.69) is 13.8 Å². The first-order chi connectivity index (χ1) is 13.2. The maximum Gasteiger partial charge on any atom is 0.175 e. The predicted molar refractivity (Wildman–Crippen MR) is 102 cm³/mol. The molecule has 1 saturated heterocycles. The van der Waals surface area contributed by atoms with Crippen LogP contribution in [0.4, 0.5) is 0 Å². The fraction of sp³-hybridized carbons (Fsp3) is 0.913. The Hall–Kier alpha value is -0.780. The van der Waals surface area contributed by atoms with Crippen molar-refractivity contribution in [3.63, 3.8) is 0 Å². The summed E-state index contributed by atoms with van der Waals surface area (Å²) >= 11 is 0. The number of ketones is 2. The molecular weight excluding hydrogens is 356 g/mol. The number of rotatable bonds is 1. The molecule has 5 heteroatoms. The van der Waals surface area contributed by atoms with E-state index in [-0.39, 0.29) is 34.7 Å². The van der Waals surface area contributed by atoms with E-state index in [1.165, 1.54) is 0 Å². The van der Waals surface area contributed by atoms with Gasteiger partial charge in [0.25, 0.3) is 0 Å². The number of ether oxygens (including phenoxy) is 2. The Kier molecular flexibility index (Phi) is 4.19. The number of hydrogen-bond donors (Lipinski definition) is 1. The van der Waals surface area contributed by atoms with Crippen molar-refractivity contribution in [1.82, 2.24) is 0 Å². The summed E-state index contributed by atoms with van der Waals surface area (Å²) in [6.45, 7) is 7.18. The van der Waals surface area contributed by atoms with Crippen LogP contribution in [0.2, 0.25) is 0 Å². The first kappa shape index (κ1) is 19.2. The van der Waals surface area contributed by atoms with Gasteiger partial charge in [0, 0.05) is 23.7 Å². The maximum absolute atomic E-state index is 13.5. The van der Waals surface area contributed by atoms with Crippen molar-refractivity contribution in [3.05, 3.63) is 0 Å². The lowest BCUT2D eigenvalue weighted by Gasteiger charge is -2.62. The molecule has 4 saturated carbocycles. The summed E-state index contributed by atoms with van der Waals surface area (Å²) in [5.41, 5.74) is -0.620. The van der Waals surface area contributed by atoms with Crippen LogP contribution in [0.3, 0.4) is 0 Å². The lowest BCUT2D eigenvalue weighted by Crippen LogP contribution is -2.64. The van der Waals surface area contributed by atoms with E-state index in [0.717, 1.165) is 32.1 Å².